The van der Waals surface area contributed by atoms with Crippen LogP contribution in [0.2, 0.25) is 0 Å². The van der Waals surface area contributed by atoms with Crippen molar-refractivity contribution in [1.82, 2.24) is 20.2 Å². The second-order valence-electron chi connectivity index (χ2n) is 4.38. The quantitative estimate of drug-likeness (QED) is 0.888. The summed E-state index contributed by atoms with van der Waals surface area (Å²) in [6.45, 7) is -0.575. The molecule has 1 N–H and O–H groups in total. The van der Waals surface area contributed by atoms with Crippen molar-refractivity contribution in [3.05, 3.63) is 12.5 Å². The summed E-state index contributed by atoms with van der Waals surface area (Å²) >= 11 is 0. The maximum Gasteiger partial charge on any atom is 0.420 e. The third-order valence-electron chi connectivity index (χ3n) is 3.33. The predicted octanol–water partition coefficient (Wildman–Crippen LogP) is 1.12. The van der Waals surface area contributed by atoms with E-state index in [1.54, 1.807) is 0 Å². The molecule has 1 saturated heterocycles. The van der Waals surface area contributed by atoms with Crippen LogP contribution < -0.4 is 4.90 Å². The molecule has 2 aromatic heterocycles. The smallest absolute Gasteiger partial charge is 0.365 e. The van der Waals surface area contributed by atoms with Crippen LogP contribution in [0.4, 0.5) is 19.0 Å². The highest BCUT2D eigenvalue weighted by atomic mass is 19.4. The van der Waals surface area contributed by atoms with Gasteiger partial charge in [0, 0.05) is 7.11 Å². The van der Waals surface area contributed by atoms with E-state index in [2.05, 4.69) is 24.9 Å². The minimum Gasteiger partial charge on any atom is -0.365 e. The lowest BCUT2D eigenvalue weighted by molar-refractivity contribution is -0.277. The van der Waals surface area contributed by atoms with Crippen molar-refractivity contribution in [3.8, 4) is 0 Å². The molecule has 0 aliphatic carbocycles. The molecule has 1 aliphatic rings. The van der Waals surface area contributed by atoms with Crippen molar-refractivity contribution in [1.29, 1.82) is 0 Å². The van der Waals surface area contributed by atoms with Crippen LogP contribution in [0, 0.1) is 0 Å². The number of aromatic amines is 1. The van der Waals surface area contributed by atoms with Crippen molar-refractivity contribution in [2.75, 3.05) is 25.1 Å². The molecule has 102 valence electrons. The molecule has 3 heterocycles. The zero-order valence-electron chi connectivity index (χ0n) is 9.90. The van der Waals surface area contributed by atoms with E-state index in [-0.39, 0.29) is 13.1 Å². The fourth-order valence-corrected chi connectivity index (χ4v) is 2.15. The lowest BCUT2D eigenvalue weighted by Gasteiger charge is -2.49. The Morgan fingerprint density at radius 1 is 1.37 bits per heavy atom. The van der Waals surface area contributed by atoms with E-state index in [1.807, 2.05) is 0 Å². The number of nitrogens with zero attached hydrogens (tertiary/aromatic N) is 4. The van der Waals surface area contributed by atoms with Gasteiger partial charge in [-0.3, -0.25) is 5.10 Å². The van der Waals surface area contributed by atoms with Crippen molar-refractivity contribution in [2.24, 2.45) is 0 Å². The molecule has 0 saturated carbocycles. The van der Waals surface area contributed by atoms with Gasteiger partial charge >= 0.3 is 6.18 Å². The summed E-state index contributed by atoms with van der Waals surface area (Å²) in [5, 5.41) is 7.04. The molecule has 0 amide bonds. The summed E-state index contributed by atoms with van der Waals surface area (Å²) in [6, 6.07) is 0. The largest absolute Gasteiger partial charge is 0.420 e. The maximum absolute atomic E-state index is 12.9. The molecule has 0 unspecified atom stereocenters. The lowest BCUT2D eigenvalue weighted by Crippen LogP contribution is -2.70. The Bertz CT molecular complexity index is 604. The van der Waals surface area contributed by atoms with Gasteiger partial charge in [-0.25, -0.2) is 9.97 Å². The van der Waals surface area contributed by atoms with Crippen LogP contribution in [-0.4, -0.2) is 52.1 Å². The number of ether oxygens (including phenoxy) is 1. The SMILES string of the molecule is COC1(C(F)(F)F)CN(c2ncnc3[nH]ncc23)C1. The van der Waals surface area contributed by atoms with E-state index in [9.17, 15) is 13.2 Å². The summed E-state index contributed by atoms with van der Waals surface area (Å²) in [6.07, 6.45) is -1.62. The number of hydrogen-bond donors (Lipinski definition) is 1. The molecule has 19 heavy (non-hydrogen) atoms. The molecule has 9 heteroatoms. The first kappa shape index (κ1) is 12.2. The van der Waals surface area contributed by atoms with Crippen LogP contribution in [-0.2, 0) is 4.74 Å². The van der Waals surface area contributed by atoms with Gasteiger partial charge in [-0.05, 0) is 0 Å². The van der Waals surface area contributed by atoms with Gasteiger partial charge in [0.15, 0.2) is 11.2 Å². The number of halogens is 3. The molecule has 0 radical (unpaired) electrons. The number of H-pyrrole nitrogens is 1. The highest BCUT2D eigenvalue weighted by Gasteiger charge is 2.63. The Balaban J connectivity index is 1.90. The highest BCUT2D eigenvalue weighted by molar-refractivity contribution is 5.86. The van der Waals surface area contributed by atoms with E-state index in [0.717, 1.165) is 7.11 Å². The third kappa shape index (κ3) is 1.65. The Morgan fingerprint density at radius 3 is 2.74 bits per heavy atom. The zero-order valence-corrected chi connectivity index (χ0v) is 9.90. The molecular weight excluding hydrogens is 263 g/mol. The van der Waals surface area contributed by atoms with Crippen LogP contribution in [0.25, 0.3) is 11.0 Å². The molecule has 0 aromatic carbocycles. The molecule has 1 fully saturated rings. The molecule has 3 rings (SSSR count). The molecular formula is C10H10F3N5O. The van der Waals surface area contributed by atoms with Crippen LogP contribution in [0.15, 0.2) is 12.5 Å². The molecule has 0 atom stereocenters. The van der Waals surface area contributed by atoms with Crippen LogP contribution in [0.3, 0.4) is 0 Å². The molecule has 2 aromatic rings. The number of hydrogen-bond acceptors (Lipinski definition) is 5. The van der Waals surface area contributed by atoms with E-state index in [4.69, 9.17) is 0 Å². The van der Waals surface area contributed by atoms with Crippen molar-refractivity contribution in [3.63, 3.8) is 0 Å². The summed E-state index contributed by atoms with van der Waals surface area (Å²) in [5.74, 6) is 0.427. The molecule has 0 bridgehead atoms. The average molecular weight is 273 g/mol. The van der Waals surface area contributed by atoms with Crippen LogP contribution >= 0.6 is 0 Å². The topological polar surface area (TPSA) is 66.9 Å². The number of rotatable bonds is 2. The zero-order chi connectivity index (χ0) is 13.7. The van der Waals surface area contributed by atoms with Crippen molar-refractivity contribution < 1.29 is 17.9 Å². The Kier molecular flexibility index (Phi) is 2.43. The number of alkyl halides is 3. The first-order valence-electron chi connectivity index (χ1n) is 5.48. The fraction of sp³-hybridized carbons (Fsp3) is 0.500. The van der Waals surface area contributed by atoms with E-state index in [0.29, 0.717) is 16.9 Å². The summed E-state index contributed by atoms with van der Waals surface area (Å²) in [5.41, 5.74) is -1.62. The molecule has 6 nitrogen and oxygen atoms in total. The van der Waals surface area contributed by atoms with E-state index < -0.39 is 11.8 Å². The minimum atomic E-state index is -4.40. The summed E-state index contributed by atoms with van der Waals surface area (Å²) in [4.78, 5) is 9.45. The minimum absolute atomic E-state index is 0.287. The second kappa shape index (κ2) is 3.80. The van der Waals surface area contributed by atoms with Gasteiger partial charge in [-0.1, -0.05) is 0 Å². The van der Waals surface area contributed by atoms with Gasteiger partial charge in [-0.2, -0.15) is 18.3 Å². The van der Waals surface area contributed by atoms with Crippen molar-refractivity contribution >= 4 is 16.9 Å². The molecule has 0 spiro atoms. The van der Waals surface area contributed by atoms with Gasteiger partial charge in [-0.15, -0.1) is 0 Å². The normalized spacial score (nSPS) is 18.6. The third-order valence-corrected chi connectivity index (χ3v) is 3.33. The van der Waals surface area contributed by atoms with Crippen LogP contribution in [0.5, 0.6) is 0 Å². The van der Waals surface area contributed by atoms with E-state index >= 15 is 0 Å². The van der Waals surface area contributed by atoms with Gasteiger partial charge < -0.3 is 9.64 Å². The van der Waals surface area contributed by atoms with Crippen molar-refractivity contribution in [2.45, 2.75) is 11.8 Å². The summed E-state index contributed by atoms with van der Waals surface area (Å²) < 4.78 is 43.3. The number of nitrogens with one attached hydrogen (secondary N) is 1. The number of aromatic nitrogens is 4. The van der Waals surface area contributed by atoms with Gasteiger partial charge in [0.1, 0.15) is 12.1 Å². The van der Waals surface area contributed by atoms with E-state index in [1.165, 1.54) is 17.4 Å². The first-order valence-corrected chi connectivity index (χ1v) is 5.48. The highest BCUT2D eigenvalue weighted by Crippen LogP contribution is 2.42. The number of anilines is 1. The maximum atomic E-state index is 12.9. The Labute approximate surface area is 105 Å². The fourth-order valence-electron chi connectivity index (χ4n) is 2.15. The Morgan fingerprint density at radius 2 is 2.11 bits per heavy atom. The Hall–Kier alpha value is -1.90. The standard InChI is InChI=1S/C10H10F3N5O/c1-19-9(10(11,12)13)3-18(4-9)8-6-2-16-17-7(6)14-5-15-8/h2,5H,3-4H2,1H3,(H,14,15,16,17). The summed E-state index contributed by atoms with van der Waals surface area (Å²) in [7, 11) is 1.07. The number of fused-ring (bicyclic) bond motifs is 1. The number of methoxy groups -OCH3 is 1. The predicted molar refractivity (Wildman–Crippen MR) is 59.7 cm³/mol. The van der Waals surface area contributed by atoms with Gasteiger partial charge in [0.05, 0.1) is 24.7 Å². The average Bonchev–Trinajstić information content (AvgIpc) is 2.75. The van der Waals surface area contributed by atoms with Crippen LogP contribution in [0.1, 0.15) is 0 Å². The second-order valence-corrected chi connectivity index (χ2v) is 4.38. The van der Waals surface area contributed by atoms with Gasteiger partial charge in [0.2, 0.25) is 0 Å². The molecule has 1 aliphatic heterocycles. The lowest BCUT2D eigenvalue weighted by atomic mass is 9.93. The first-order chi connectivity index (χ1) is 8.97. The monoisotopic (exact) mass is 273 g/mol. The van der Waals surface area contributed by atoms with Gasteiger partial charge in [0.25, 0.3) is 0 Å².